The van der Waals surface area contributed by atoms with E-state index in [9.17, 15) is 0 Å². The first kappa shape index (κ1) is 17.6. The number of nitrogens with one attached hydrogen (secondary N) is 1. The van der Waals surface area contributed by atoms with Gasteiger partial charge in [0, 0.05) is 12.0 Å². The monoisotopic (exact) mass is 423 g/mol. The van der Waals surface area contributed by atoms with Gasteiger partial charge < -0.3 is 15.8 Å². The standard InChI is InChI=1S/C18H21N3O.HI/c1-13-5-4-6-14(11-13)12-20-18(19)21-16-9-10-22-17-8-3-2-7-15(16)17;/h2-8,11,16H,9-10,12H2,1H3,(H3,19,20,21);1H. The Morgan fingerprint density at radius 3 is 2.91 bits per heavy atom. The molecule has 122 valence electrons. The van der Waals surface area contributed by atoms with Crippen LogP contribution in [0.5, 0.6) is 5.75 Å². The smallest absolute Gasteiger partial charge is 0.189 e. The number of rotatable bonds is 3. The number of benzene rings is 2. The van der Waals surface area contributed by atoms with E-state index in [2.05, 4.69) is 41.5 Å². The number of fused-ring (bicyclic) bond motifs is 1. The van der Waals surface area contributed by atoms with Crippen molar-refractivity contribution in [1.82, 2.24) is 5.32 Å². The van der Waals surface area contributed by atoms with Crippen LogP contribution in [0.4, 0.5) is 0 Å². The van der Waals surface area contributed by atoms with Gasteiger partial charge >= 0.3 is 0 Å². The topological polar surface area (TPSA) is 59.6 Å². The van der Waals surface area contributed by atoms with Gasteiger partial charge in [0.25, 0.3) is 0 Å². The van der Waals surface area contributed by atoms with Crippen LogP contribution >= 0.6 is 24.0 Å². The maximum absolute atomic E-state index is 6.05. The fraction of sp³-hybridized carbons (Fsp3) is 0.278. The van der Waals surface area contributed by atoms with Crippen molar-refractivity contribution in [3.63, 3.8) is 0 Å². The minimum atomic E-state index is 0. The van der Waals surface area contributed by atoms with E-state index in [0.717, 1.165) is 23.3 Å². The van der Waals surface area contributed by atoms with Crippen molar-refractivity contribution in [3.05, 3.63) is 65.2 Å². The summed E-state index contributed by atoms with van der Waals surface area (Å²) in [6, 6.07) is 16.5. The van der Waals surface area contributed by atoms with E-state index in [1.807, 2.05) is 24.3 Å². The largest absolute Gasteiger partial charge is 0.493 e. The second kappa shape index (κ2) is 8.19. The van der Waals surface area contributed by atoms with Crippen LogP contribution in [0, 0.1) is 6.92 Å². The molecule has 2 aromatic rings. The average Bonchev–Trinajstić information content (AvgIpc) is 2.53. The van der Waals surface area contributed by atoms with Crippen molar-refractivity contribution in [2.24, 2.45) is 10.7 Å². The number of ether oxygens (including phenoxy) is 1. The number of hydrogen-bond donors (Lipinski definition) is 2. The first-order chi connectivity index (χ1) is 10.7. The van der Waals surface area contributed by atoms with Crippen LogP contribution in [-0.2, 0) is 6.54 Å². The molecule has 2 aromatic carbocycles. The third-order valence-corrected chi connectivity index (χ3v) is 3.80. The highest BCUT2D eigenvalue weighted by Gasteiger charge is 2.21. The Balaban J connectivity index is 0.00000192. The molecule has 0 spiro atoms. The van der Waals surface area contributed by atoms with E-state index < -0.39 is 0 Å². The predicted octanol–water partition coefficient (Wildman–Crippen LogP) is 3.54. The Bertz CT molecular complexity index is 687. The molecule has 0 saturated carbocycles. The van der Waals surface area contributed by atoms with E-state index in [4.69, 9.17) is 10.5 Å². The predicted molar refractivity (Wildman–Crippen MR) is 104 cm³/mol. The van der Waals surface area contributed by atoms with E-state index >= 15 is 0 Å². The zero-order chi connectivity index (χ0) is 15.4. The molecule has 3 rings (SSSR count). The zero-order valence-corrected chi connectivity index (χ0v) is 15.5. The molecule has 5 heteroatoms. The summed E-state index contributed by atoms with van der Waals surface area (Å²) in [5.74, 6) is 1.40. The molecule has 3 N–H and O–H groups in total. The summed E-state index contributed by atoms with van der Waals surface area (Å²) in [6.07, 6.45) is 0.887. The molecule has 1 aliphatic rings. The number of nitrogens with zero attached hydrogens (tertiary/aromatic N) is 1. The molecule has 0 amide bonds. The highest BCUT2D eigenvalue weighted by atomic mass is 127. The Morgan fingerprint density at radius 1 is 1.26 bits per heavy atom. The lowest BCUT2D eigenvalue weighted by atomic mass is 10.0. The van der Waals surface area contributed by atoms with Crippen LogP contribution in [0.1, 0.15) is 29.2 Å². The van der Waals surface area contributed by atoms with Gasteiger partial charge in [0.2, 0.25) is 0 Å². The van der Waals surface area contributed by atoms with E-state index in [1.165, 1.54) is 5.56 Å². The van der Waals surface area contributed by atoms with Gasteiger partial charge in [-0.15, -0.1) is 24.0 Å². The molecule has 23 heavy (non-hydrogen) atoms. The molecule has 1 heterocycles. The van der Waals surface area contributed by atoms with E-state index in [0.29, 0.717) is 19.1 Å². The fourth-order valence-electron chi connectivity index (χ4n) is 2.70. The molecule has 1 unspecified atom stereocenters. The third-order valence-electron chi connectivity index (χ3n) is 3.80. The second-order valence-corrected chi connectivity index (χ2v) is 5.56. The summed E-state index contributed by atoms with van der Waals surface area (Å²) in [5, 5.41) is 3.31. The third kappa shape index (κ3) is 4.60. The summed E-state index contributed by atoms with van der Waals surface area (Å²) in [5.41, 5.74) is 9.58. The van der Waals surface area contributed by atoms with Gasteiger partial charge in [0.05, 0.1) is 19.2 Å². The van der Waals surface area contributed by atoms with Crippen LogP contribution < -0.4 is 15.8 Å². The summed E-state index contributed by atoms with van der Waals surface area (Å²) < 4.78 is 5.66. The maximum Gasteiger partial charge on any atom is 0.189 e. The fourth-order valence-corrected chi connectivity index (χ4v) is 2.70. The minimum absolute atomic E-state index is 0. The molecular weight excluding hydrogens is 401 g/mol. The second-order valence-electron chi connectivity index (χ2n) is 5.56. The van der Waals surface area contributed by atoms with Gasteiger partial charge in [-0.2, -0.15) is 0 Å². The number of halogens is 1. The molecule has 0 saturated heterocycles. The lowest BCUT2D eigenvalue weighted by Gasteiger charge is -2.26. The minimum Gasteiger partial charge on any atom is -0.493 e. The van der Waals surface area contributed by atoms with Crippen LogP contribution in [-0.4, -0.2) is 12.6 Å². The number of aliphatic imine (C=N–C) groups is 1. The zero-order valence-electron chi connectivity index (χ0n) is 13.2. The normalized spacial score (nSPS) is 16.7. The Kier molecular flexibility index (Phi) is 6.27. The lowest BCUT2D eigenvalue weighted by Crippen LogP contribution is -2.37. The maximum atomic E-state index is 6.05. The Hall–Kier alpha value is -1.76. The summed E-state index contributed by atoms with van der Waals surface area (Å²) in [6.45, 7) is 3.36. The van der Waals surface area contributed by atoms with Crippen LogP contribution in [0.15, 0.2) is 53.5 Å². The number of nitrogens with two attached hydrogens (primary N) is 1. The molecule has 1 atom stereocenters. The van der Waals surface area contributed by atoms with Crippen molar-refractivity contribution in [2.75, 3.05) is 6.61 Å². The number of para-hydroxylation sites is 1. The summed E-state index contributed by atoms with van der Waals surface area (Å²) in [7, 11) is 0. The Morgan fingerprint density at radius 2 is 2.09 bits per heavy atom. The van der Waals surface area contributed by atoms with Crippen LogP contribution in [0.2, 0.25) is 0 Å². The Labute approximate surface area is 154 Å². The van der Waals surface area contributed by atoms with E-state index in [1.54, 1.807) is 0 Å². The van der Waals surface area contributed by atoms with Crippen molar-refractivity contribution in [1.29, 1.82) is 0 Å². The highest BCUT2D eigenvalue weighted by molar-refractivity contribution is 14.0. The number of hydrogen-bond acceptors (Lipinski definition) is 2. The van der Waals surface area contributed by atoms with Crippen LogP contribution in [0.25, 0.3) is 0 Å². The quantitative estimate of drug-likeness (QED) is 0.451. The van der Waals surface area contributed by atoms with Gasteiger partial charge in [-0.05, 0) is 18.6 Å². The molecule has 0 aromatic heterocycles. The SMILES string of the molecule is Cc1cccc(CN=C(N)NC2CCOc3ccccc32)c1.I. The van der Waals surface area contributed by atoms with Gasteiger partial charge in [-0.3, -0.25) is 0 Å². The molecule has 0 radical (unpaired) electrons. The molecule has 0 aliphatic carbocycles. The highest BCUT2D eigenvalue weighted by Crippen LogP contribution is 2.31. The number of aryl methyl sites for hydroxylation is 1. The van der Waals surface area contributed by atoms with Crippen molar-refractivity contribution < 1.29 is 4.74 Å². The average molecular weight is 423 g/mol. The van der Waals surface area contributed by atoms with Crippen molar-refractivity contribution in [2.45, 2.75) is 25.9 Å². The van der Waals surface area contributed by atoms with Crippen LogP contribution in [0.3, 0.4) is 0 Å². The molecular formula is C18H22IN3O. The van der Waals surface area contributed by atoms with E-state index in [-0.39, 0.29) is 30.0 Å². The molecule has 0 fully saturated rings. The number of guanidine groups is 1. The van der Waals surface area contributed by atoms with Gasteiger partial charge in [-0.25, -0.2) is 4.99 Å². The van der Waals surface area contributed by atoms with Gasteiger partial charge in [0.15, 0.2) is 5.96 Å². The summed E-state index contributed by atoms with van der Waals surface area (Å²) >= 11 is 0. The first-order valence-electron chi connectivity index (χ1n) is 7.56. The first-order valence-corrected chi connectivity index (χ1v) is 7.56. The summed E-state index contributed by atoms with van der Waals surface area (Å²) in [4.78, 5) is 4.45. The molecule has 4 nitrogen and oxygen atoms in total. The lowest BCUT2D eigenvalue weighted by molar-refractivity contribution is 0.262. The molecule has 1 aliphatic heterocycles. The van der Waals surface area contributed by atoms with Gasteiger partial charge in [0.1, 0.15) is 5.75 Å². The molecule has 0 bridgehead atoms. The van der Waals surface area contributed by atoms with Crippen molar-refractivity contribution >= 4 is 29.9 Å². The van der Waals surface area contributed by atoms with Gasteiger partial charge in [-0.1, -0.05) is 48.0 Å². The van der Waals surface area contributed by atoms with Crippen molar-refractivity contribution in [3.8, 4) is 5.75 Å².